The minimum Gasteiger partial charge on any atom is -0.336 e. The van der Waals surface area contributed by atoms with E-state index in [-0.39, 0.29) is 24.4 Å². The molecule has 7 nitrogen and oxygen atoms in total. The summed E-state index contributed by atoms with van der Waals surface area (Å²) in [5, 5.41) is 5.56. The number of hydrogen-bond donors (Lipinski definition) is 3. The first-order valence-corrected chi connectivity index (χ1v) is 8.50. The Kier molecular flexibility index (Phi) is 5.79. The Hall–Kier alpha value is -2.41. The van der Waals surface area contributed by atoms with Gasteiger partial charge in [-0.05, 0) is 38.8 Å². The fraction of sp³-hybridized carbons (Fsp3) is 0.500. The number of imide groups is 1. The zero-order valence-corrected chi connectivity index (χ0v) is 15.5. The summed E-state index contributed by atoms with van der Waals surface area (Å²) in [6.45, 7) is 8.68. The van der Waals surface area contributed by atoms with Crippen LogP contribution in [0, 0.1) is 20.8 Å². The number of rotatable bonds is 5. The average Bonchev–Trinajstić information content (AvgIpc) is 2.95. The number of urea groups is 1. The van der Waals surface area contributed by atoms with Gasteiger partial charge in [0.15, 0.2) is 12.6 Å². The van der Waals surface area contributed by atoms with Crippen LogP contribution in [0.5, 0.6) is 0 Å². The molecular weight excluding hydrogens is 320 g/mol. The van der Waals surface area contributed by atoms with Crippen molar-refractivity contribution >= 4 is 23.5 Å². The van der Waals surface area contributed by atoms with Crippen LogP contribution < -0.4 is 15.5 Å². The molecule has 136 valence electrons. The third-order valence-corrected chi connectivity index (χ3v) is 4.61. The first-order valence-electron chi connectivity index (χ1n) is 8.50. The molecular formula is C18H27N4O3+. The van der Waals surface area contributed by atoms with Gasteiger partial charge in [-0.15, -0.1) is 0 Å². The predicted molar refractivity (Wildman–Crippen MR) is 95.6 cm³/mol. The lowest BCUT2D eigenvalue weighted by Crippen LogP contribution is -3.15. The molecule has 0 saturated carbocycles. The Morgan fingerprint density at radius 3 is 2.40 bits per heavy atom. The number of likely N-dealkylation sites (N-methyl/N-ethyl adjacent to an activating group) is 1. The van der Waals surface area contributed by atoms with E-state index in [1.807, 2.05) is 32.9 Å². The van der Waals surface area contributed by atoms with Crippen molar-refractivity contribution in [1.82, 2.24) is 10.2 Å². The van der Waals surface area contributed by atoms with Crippen LogP contribution in [-0.2, 0) is 9.59 Å². The van der Waals surface area contributed by atoms with Crippen LogP contribution in [0.3, 0.4) is 0 Å². The molecule has 3 N–H and O–H groups in total. The molecule has 1 fully saturated rings. The van der Waals surface area contributed by atoms with Gasteiger partial charge in [-0.3, -0.25) is 14.5 Å². The second-order valence-electron chi connectivity index (χ2n) is 6.79. The zero-order chi connectivity index (χ0) is 18.7. The fourth-order valence-corrected chi connectivity index (χ4v) is 3.09. The molecule has 7 heteroatoms. The SMILES string of the molecule is Cc1cc(C)c(NC(=O)C[NH+](C)[C@@H](C)C(=O)N2CCNC2=O)c(C)c1. The number of quaternary nitrogens is 1. The first-order chi connectivity index (χ1) is 11.7. The van der Waals surface area contributed by atoms with Crippen LogP contribution in [0.25, 0.3) is 0 Å². The molecule has 4 amide bonds. The minimum absolute atomic E-state index is 0.148. The van der Waals surface area contributed by atoms with E-state index in [1.165, 1.54) is 4.90 Å². The molecule has 0 radical (unpaired) electrons. The summed E-state index contributed by atoms with van der Waals surface area (Å²) in [5.74, 6) is -0.416. The molecule has 0 aliphatic carbocycles. The highest BCUT2D eigenvalue weighted by molar-refractivity contribution is 5.98. The number of carbonyl (C=O) groups excluding carboxylic acids is 3. The van der Waals surface area contributed by atoms with Crippen LogP contribution in [0.4, 0.5) is 10.5 Å². The third-order valence-electron chi connectivity index (χ3n) is 4.61. The number of hydrogen-bond acceptors (Lipinski definition) is 3. The Morgan fingerprint density at radius 1 is 1.28 bits per heavy atom. The average molecular weight is 347 g/mol. The Labute approximate surface area is 148 Å². The summed E-state index contributed by atoms with van der Waals surface area (Å²) in [6.07, 6.45) is 0. The monoisotopic (exact) mass is 347 g/mol. The number of nitrogens with zero attached hydrogens (tertiary/aromatic N) is 1. The van der Waals surface area contributed by atoms with Crippen molar-refractivity contribution in [3.05, 3.63) is 28.8 Å². The van der Waals surface area contributed by atoms with E-state index >= 15 is 0 Å². The van der Waals surface area contributed by atoms with E-state index in [0.717, 1.165) is 27.3 Å². The molecule has 0 bridgehead atoms. The molecule has 2 atom stereocenters. The van der Waals surface area contributed by atoms with Crippen molar-refractivity contribution in [2.24, 2.45) is 0 Å². The van der Waals surface area contributed by atoms with Crippen LogP contribution in [0.15, 0.2) is 12.1 Å². The molecule has 1 aromatic carbocycles. The van der Waals surface area contributed by atoms with Crippen LogP contribution >= 0.6 is 0 Å². The lowest BCUT2D eigenvalue weighted by molar-refractivity contribution is -0.886. The van der Waals surface area contributed by atoms with Gasteiger partial charge in [0, 0.05) is 18.8 Å². The topological polar surface area (TPSA) is 82.9 Å². The second kappa shape index (κ2) is 7.65. The van der Waals surface area contributed by atoms with Gasteiger partial charge in [-0.2, -0.15) is 0 Å². The quantitative estimate of drug-likeness (QED) is 0.701. The van der Waals surface area contributed by atoms with Gasteiger partial charge in [0.2, 0.25) is 0 Å². The molecule has 1 saturated heterocycles. The summed E-state index contributed by atoms with van der Waals surface area (Å²) in [6, 6.07) is 3.21. The summed E-state index contributed by atoms with van der Waals surface area (Å²) in [4.78, 5) is 38.3. The van der Waals surface area contributed by atoms with Gasteiger partial charge < -0.3 is 15.5 Å². The van der Waals surface area contributed by atoms with Crippen LogP contribution in [-0.4, -0.2) is 55.5 Å². The number of carbonyl (C=O) groups is 3. The number of benzene rings is 1. The highest BCUT2D eigenvalue weighted by atomic mass is 16.2. The highest BCUT2D eigenvalue weighted by Crippen LogP contribution is 2.21. The van der Waals surface area contributed by atoms with Gasteiger partial charge >= 0.3 is 6.03 Å². The summed E-state index contributed by atoms with van der Waals surface area (Å²) < 4.78 is 0. The van der Waals surface area contributed by atoms with Crippen molar-refractivity contribution in [2.75, 3.05) is 32.0 Å². The largest absolute Gasteiger partial charge is 0.336 e. The van der Waals surface area contributed by atoms with E-state index in [0.29, 0.717) is 13.1 Å². The molecule has 0 aromatic heterocycles. The van der Waals surface area contributed by atoms with Gasteiger partial charge in [0.1, 0.15) is 0 Å². The van der Waals surface area contributed by atoms with Crippen LogP contribution in [0.1, 0.15) is 23.6 Å². The summed E-state index contributed by atoms with van der Waals surface area (Å²) >= 11 is 0. The molecule has 0 spiro atoms. The van der Waals surface area contributed by atoms with Crippen molar-refractivity contribution < 1.29 is 19.3 Å². The van der Waals surface area contributed by atoms with Crippen molar-refractivity contribution in [2.45, 2.75) is 33.7 Å². The van der Waals surface area contributed by atoms with E-state index < -0.39 is 6.04 Å². The zero-order valence-electron chi connectivity index (χ0n) is 15.5. The van der Waals surface area contributed by atoms with E-state index in [4.69, 9.17) is 0 Å². The summed E-state index contributed by atoms with van der Waals surface area (Å²) in [5.41, 5.74) is 4.00. The molecule has 2 rings (SSSR count). The highest BCUT2D eigenvalue weighted by Gasteiger charge is 2.34. The van der Waals surface area contributed by atoms with E-state index in [2.05, 4.69) is 10.6 Å². The third kappa shape index (κ3) is 4.36. The van der Waals surface area contributed by atoms with Gasteiger partial charge in [0.05, 0.1) is 7.05 Å². The Balaban J connectivity index is 1.98. The normalized spacial score (nSPS) is 16.4. The fourth-order valence-electron chi connectivity index (χ4n) is 3.09. The molecule has 1 heterocycles. The molecule has 1 aliphatic rings. The number of anilines is 1. The Bertz CT molecular complexity index is 679. The Morgan fingerprint density at radius 2 is 1.88 bits per heavy atom. The lowest BCUT2D eigenvalue weighted by Gasteiger charge is -2.23. The second-order valence-corrected chi connectivity index (χ2v) is 6.79. The van der Waals surface area contributed by atoms with Gasteiger partial charge in [-0.25, -0.2) is 4.79 Å². The minimum atomic E-state index is -0.477. The number of nitrogens with one attached hydrogen (secondary N) is 3. The van der Waals surface area contributed by atoms with Crippen molar-refractivity contribution in [1.29, 1.82) is 0 Å². The predicted octanol–water partition coefficient (Wildman–Crippen LogP) is 0.00536. The van der Waals surface area contributed by atoms with Crippen molar-refractivity contribution in [3.8, 4) is 0 Å². The van der Waals surface area contributed by atoms with Gasteiger partial charge in [0.25, 0.3) is 11.8 Å². The number of amides is 4. The maximum Gasteiger partial charge on any atom is 0.324 e. The number of aryl methyl sites for hydroxylation is 3. The smallest absolute Gasteiger partial charge is 0.324 e. The summed E-state index contributed by atoms with van der Waals surface area (Å²) in [7, 11) is 1.78. The standard InChI is InChI=1S/C18H26N4O3/c1-11-8-12(2)16(13(3)9-11)20-15(23)10-21(5)14(4)17(24)22-7-6-19-18(22)25/h8-9,14H,6-7,10H2,1-5H3,(H,19,25)(H,20,23)/p+1/t14-/m0/s1. The van der Waals surface area contributed by atoms with Crippen LogP contribution in [0.2, 0.25) is 0 Å². The molecule has 25 heavy (non-hydrogen) atoms. The maximum absolute atomic E-state index is 12.4. The molecule has 1 aromatic rings. The first kappa shape index (κ1) is 18.9. The maximum atomic E-state index is 12.4. The lowest BCUT2D eigenvalue weighted by atomic mass is 10.1. The van der Waals surface area contributed by atoms with Crippen molar-refractivity contribution in [3.63, 3.8) is 0 Å². The van der Waals surface area contributed by atoms with Gasteiger partial charge in [-0.1, -0.05) is 17.7 Å². The molecule has 1 aliphatic heterocycles. The molecule has 1 unspecified atom stereocenters. The van der Waals surface area contributed by atoms with E-state index in [9.17, 15) is 14.4 Å². The van der Waals surface area contributed by atoms with E-state index in [1.54, 1.807) is 14.0 Å².